The monoisotopic (exact) mass is 342 g/mol. The second kappa shape index (κ2) is 8.58. The van der Waals surface area contributed by atoms with Gasteiger partial charge >= 0.3 is 0 Å². The summed E-state index contributed by atoms with van der Waals surface area (Å²) in [7, 11) is 3.14. The van der Waals surface area contributed by atoms with E-state index in [-0.39, 0.29) is 5.91 Å². The Morgan fingerprint density at radius 3 is 2.75 bits per heavy atom. The topological polar surface area (TPSA) is 59.9 Å². The van der Waals surface area contributed by atoms with E-state index in [1.165, 1.54) is 0 Å². The lowest BCUT2D eigenvalue weighted by Gasteiger charge is -2.10. The zero-order valence-electron chi connectivity index (χ0n) is 11.9. The number of hydrogen-bond acceptors (Lipinski definition) is 4. The van der Waals surface area contributed by atoms with E-state index < -0.39 is 0 Å². The smallest absolute Gasteiger partial charge is 0.240 e. The van der Waals surface area contributed by atoms with Crippen molar-refractivity contribution in [1.82, 2.24) is 5.43 Å². The summed E-state index contributed by atoms with van der Waals surface area (Å²) in [5.74, 6) is 1.14. The van der Waals surface area contributed by atoms with Crippen molar-refractivity contribution in [2.75, 3.05) is 14.2 Å². The second-order valence-electron chi connectivity index (χ2n) is 4.13. The van der Waals surface area contributed by atoms with Gasteiger partial charge in [-0.05, 0) is 40.0 Å². The minimum absolute atomic E-state index is 0.0809. The summed E-state index contributed by atoms with van der Waals surface area (Å²) in [6.45, 7) is 2.04. The van der Waals surface area contributed by atoms with Crippen LogP contribution in [0.2, 0.25) is 0 Å². The Balaban J connectivity index is 2.73. The Labute approximate surface area is 127 Å². The average Bonchev–Trinajstić information content (AvgIpc) is 2.44. The number of benzene rings is 1. The Hall–Kier alpha value is -1.56. The average molecular weight is 343 g/mol. The van der Waals surface area contributed by atoms with Crippen molar-refractivity contribution in [1.29, 1.82) is 0 Å². The van der Waals surface area contributed by atoms with Crippen molar-refractivity contribution < 1.29 is 14.3 Å². The summed E-state index contributed by atoms with van der Waals surface area (Å²) >= 11 is 3.40. The molecule has 0 saturated heterocycles. The Morgan fingerprint density at radius 1 is 1.40 bits per heavy atom. The van der Waals surface area contributed by atoms with Gasteiger partial charge in [0, 0.05) is 6.42 Å². The molecule has 1 aromatic rings. The predicted octanol–water partition coefficient (Wildman–Crippen LogP) is 3.11. The Bertz CT molecular complexity index is 490. The normalized spacial score (nSPS) is 10.6. The number of amides is 1. The molecule has 5 nitrogen and oxygen atoms in total. The summed E-state index contributed by atoms with van der Waals surface area (Å²) in [5, 5.41) is 3.92. The standard InChI is InChI=1S/C14H19BrN2O3/c1-4-5-6-13(18)17-16-9-10-7-11(15)14(20-3)12(8-10)19-2/h7-9H,4-6H2,1-3H3,(H,17,18). The van der Waals surface area contributed by atoms with Crippen LogP contribution in [0.4, 0.5) is 0 Å². The minimum Gasteiger partial charge on any atom is -0.493 e. The predicted molar refractivity (Wildman–Crippen MR) is 82.5 cm³/mol. The van der Waals surface area contributed by atoms with Crippen molar-refractivity contribution in [3.63, 3.8) is 0 Å². The highest BCUT2D eigenvalue weighted by molar-refractivity contribution is 9.10. The van der Waals surface area contributed by atoms with E-state index in [9.17, 15) is 4.79 Å². The molecule has 1 N–H and O–H groups in total. The summed E-state index contributed by atoms with van der Waals surface area (Å²) < 4.78 is 11.2. The van der Waals surface area contributed by atoms with Gasteiger partial charge in [0.05, 0.1) is 24.9 Å². The molecule has 0 aliphatic heterocycles. The molecule has 6 heteroatoms. The van der Waals surface area contributed by atoms with Crippen molar-refractivity contribution in [2.24, 2.45) is 5.10 Å². The number of unbranched alkanes of at least 4 members (excludes halogenated alkanes) is 1. The third-order valence-electron chi connectivity index (χ3n) is 2.62. The van der Waals surface area contributed by atoms with Crippen LogP contribution in [0.3, 0.4) is 0 Å². The maximum atomic E-state index is 11.4. The van der Waals surface area contributed by atoms with Gasteiger partial charge in [-0.25, -0.2) is 5.43 Å². The maximum absolute atomic E-state index is 11.4. The number of carbonyl (C=O) groups is 1. The summed E-state index contributed by atoms with van der Waals surface area (Å²) in [5.41, 5.74) is 3.29. The number of methoxy groups -OCH3 is 2. The van der Waals surface area contributed by atoms with E-state index in [1.807, 2.05) is 13.0 Å². The molecule has 0 aliphatic carbocycles. The molecule has 0 aliphatic rings. The first kappa shape index (κ1) is 16.5. The van der Waals surface area contributed by atoms with E-state index in [1.54, 1.807) is 26.5 Å². The first-order valence-electron chi connectivity index (χ1n) is 6.35. The van der Waals surface area contributed by atoms with Gasteiger partial charge in [-0.3, -0.25) is 4.79 Å². The number of carbonyl (C=O) groups excluding carboxylic acids is 1. The third kappa shape index (κ3) is 4.85. The van der Waals surface area contributed by atoms with Crippen molar-refractivity contribution in [2.45, 2.75) is 26.2 Å². The molecule has 0 unspecified atom stereocenters. The second-order valence-corrected chi connectivity index (χ2v) is 4.99. The molecule has 1 aromatic carbocycles. The lowest BCUT2D eigenvalue weighted by molar-refractivity contribution is -0.121. The van der Waals surface area contributed by atoms with Crippen LogP contribution in [0, 0.1) is 0 Å². The molecular formula is C14H19BrN2O3. The highest BCUT2D eigenvalue weighted by Crippen LogP contribution is 2.35. The molecule has 20 heavy (non-hydrogen) atoms. The molecule has 1 amide bonds. The number of hydrogen-bond donors (Lipinski definition) is 1. The number of hydrazone groups is 1. The number of rotatable bonds is 7. The fourth-order valence-electron chi connectivity index (χ4n) is 1.58. The van der Waals surface area contributed by atoms with Gasteiger partial charge in [-0.15, -0.1) is 0 Å². The third-order valence-corrected chi connectivity index (χ3v) is 3.21. The summed E-state index contributed by atoms with van der Waals surface area (Å²) in [4.78, 5) is 11.4. The first-order valence-corrected chi connectivity index (χ1v) is 7.15. The van der Waals surface area contributed by atoms with Crippen LogP contribution < -0.4 is 14.9 Å². The van der Waals surface area contributed by atoms with Crippen LogP contribution in [0.1, 0.15) is 31.7 Å². The molecule has 0 spiro atoms. The van der Waals surface area contributed by atoms with Gasteiger partial charge in [-0.2, -0.15) is 5.10 Å². The van der Waals surface area contributed by atoms with E-state index in [0.29, 0.717) is 17.9 Å². The maximum Gasteiger partial charge on any atom is 0.240 e. The van der Waals surface area contributed by atoms with Crippen LogP contribution in [0.15, 0.2) is 21.7 Å². The van der Waals surface area contributed by atoms with Gasteiger partial charge in [0.2, 0.25) is 5.91 Å². The van der Waals surface area contributed by atoms with Crippen LogP contribution in [0.25, 0.3) is 0 Å². The summed E-state index contributed by atoms with van der Waals surface area (Å²) in [6, 6.07) is 3.62. The van der Waals surface area contributed by atoms with Gasteiger partial charge in [0.1, 0.15) is 0 Å². The number of halogens is 1. The molecule has 0 atom stereocenters. The summed E-state index contributed by atoms with van der Waals surface area (Å²) in [6.07, 6.45) is 3.91. The zero-order valence-corrected chi connectivity index (χ0v) is 13.5. The Morgan fingerprint density at radius 2 is 2.15 bits per heavy atom. The number of nitrogens with zero attached hydrogens (tertiary/aromatic N) is 1. The molecule has 0 bridgehead atoms. The highest BCUT2D eigenvalue weighted by Gasteiger charge is 2.09. The zero-order chi connectivity index (χ0) is 15.0. The molecule has 0 radical (unpaired) electrons. The number of nitrogens with one attached hydrogen (secondary N) is 1. The first-order chi connectivity index (χ1) is 9.62. The SMILES string of the molecule is CCCCC(=O)NN=Cc1cc(Br)c(OC)c(OC)c1. The van der Waals surface area contributed by atoms with Gasteiger partial charge in [-0.1, -0.05) is 13.3 Å². The van der Waals surface area contributed by atoms with E-state index in [2.05, 4.69) is 26.5 Å². The van der Waals surface area contributed by atoms with E-state index in [0.717, 1.165) is 22.9 Å². The van der Waals surface area contributed by atoms with E-state index >= 15 is 0 Å². The fraction of sp³-hybridized carbons (Fsp3) is 0.429. The van der Waals surface area contributed by atoms with Crippen LogP contribution in [-0.4, -0.2) is 26.3 Å². The number of ether oxygens (including phenoxy) is 2. The quantitative estimate of drug-likeness (QED) is 0.611. The minimum atomic E-state index is -0.0809. The molecule has 110 valence electrons. The van der Waals surface area contributed by atoms with Gasteiger partial charge in [0.15, 0.2) is 11.5 Å². The molecule has 0 aromatic heterocycles. The Kier molecular flexibility index (Phi) is 7.08. The molecular weight excluding hydrogens is 324 g/mol. The molecule has 0 heterocycles. The van der Waals surface area contributed by atoms with E-state index in [4.69, 9.17) is 9.47 Å². The van der Waals surface area contributed by atoms with Gasteiger partial charge < -0.3 is 9.47 Å². The van der Waals surface area contributed by atoms with Gasteiger partial charge in [0.25, 0.3) is 0 Å². The molecule has 0 saturated carbocycles. The van der Waals surface area contributed by atoms with Crippen molar-refractivity contribution in [3.05, 3.63) is 22.2 Å². The van der Waals surface area contributed by atoms with Crippen LogP contribution in [-0.2, 0) is 4.79 Å². The lowest BCUT2D eigenvalue weighted by atomic mass is 10.2. The fourth-order valence-corrected chi connectivity index (χ4v) is 2.21. The highest BCUT2D eigenvalue weighted by atomic mass is 79.9. The van der Waals surface area contributed by atoms with Crippen molar-refractivity contribution >= 4 is 28.1 Å². The molecule has 0 fully saturated rings. The molecule has 1 rings (SSSR count). The van der Waals surface area contributed by atoms with Crippen molar-refractivity contribution in [3.8, 4) is 11.5 Å². The van der Waals surface area contributed by atoms with Crippen LogP contribution >= 0.6 is 15.9 Å². The largest absolute Gasteiger partial charge is 0.493 e. The lowest BCUT2D eigenvalue weighted by Crippen LogP contribution is -2.16. The van der Waals surface area contributed by atoms with Crippen LogP contribution in [0.5, 0.6) is 11.5 Å².